The topological polar surface area (TPSA) is 102 Å². The molecule has 144 valence electrons. The van der Waals surface area contributed by atoms with Crippen molar-refractivity contribution in [3.05, 3.63) is 46.0 Å². The van der Waals surface area contributed by atoms with Crippen LogP contribution in [0.3, 0.4) is 0 Å². The molecule has 0 spiro atoms. The van der Waals surface area contributed by atoms with Crippen molar-refractivity contribution in [3.63, 3.8) is 0 Å². The van der Waals surface area contributed by atoms with Gasteiger partial charge in [-0.05, 0) is 49.9 Å². The number of phenolic OH excluding ortho intramolecular Hbond substituents is 1. The lowest BCUT2D eigenvalue weighted by molar-refractivity contribution is 0.0530. The predicted molar refractivity (Wildman–Crippen MR) is 103 cm³/mol. The molecule has 0 radical (unpaired) electrons. The lowest BCUT2D eigenvalue weighted by atomic mass is 9.92. The first kappa shape index (κ1) is 18.2. The Bertz CT molecular complexity index is 1080. The van der Waals surface area contributed by atoms with Crippen LogP contribution in [0.1, 0.15) is 45.0 Å². The van der Waals surface area contributed by atoms with E-state index in [2.05, 4.69) is 10.2 Å². The number of phenols is 1. The quantitative estimate of drug-likeness (QED) is 0.495. The number of carbonyl (C=O) groups is 2. The van der Waals surface area contributed by atoms with Crippen LogP contribution in [0.15, 0.2) is 24.4 Å². The van der Waals surface area contributed by atoms with Gasteiger partial charge >= 0.3 is 5.97 Å². The number of rotatable bonds is 5. The van der Waals surface area contributed by atoms with Gasteiger partial charge < -0.3 is 14.6 Å². The maximum Gasteiger partial charge on any atom is 0.348 e. The molecule has 0 unspecified atom stereocenters. The van der Waals surface area contributed by atoms with Crippen molar-refractivity contribution in [1.82, 2.24) is 10.2 Å². The van der Waals surface area contributed by atoms with Crippen LogP contribution in [0.4, 0.5) is 0 Å². The molecule has 2 N–H and O–H groups in total. The fraction of sp³-hybridized carbons (Fsp3) is 0.250. The number of Topliss-reactive ketones (excluding diaryl/α,β-unsaturated/α-hetero) is 1. The van der Waals surface area contributed by atoms with E-state index >= 15 is 0 Å². The highest BCUT2D eigenvalue weighted by molar-refractivity contribution is 7.16. The highest BCUT2D eigenvalue weighted by Gasteiger charge is 2.31. The van der Waals surface area contributed by atoms with Gasteiger partial charge in [-0.15, -0.1) is 0 Å². The summed E-state index contributed by atoms with van der Waals surface area (Å²) in [6.45, 7) is 3.44. The molecule has 7 nitrogen and oxygen atoms in total. The number of ether oxygens (including phenoxy) is 2. The number of hydrogen-bond acceptors (Lipinski definition) is 7. The first-order chi connectivity index (χ1) is 13.5. The number of esters is 1. The number of nitrogens with zero attached hydrogens (tertiary/aromatic N) is 1. The summed E-state index contributed by atoms with van der Waals surface area (Å²) in [5.41, 5.74) is 3.78. The maximum atomic E-state index is 12.4. The number of carbonyl (C=O) groups excluding carboxylic acids is 2. The van der Waals surface area contributed by atoms with Gasteiger partial charge in [0, 0.05) is 6.07 Å². The summed E-state index contributed by atoms with van der Waals surface area (Å²) in [7, 11) is 0. The average Bonchev–Trinajstić information content (AvgIpc) is 3.26. The zero-order valence-corrected chi connectivity index (χ0v) is 16.2. The lowest BCUT2D eigenvalue weighted by Gasteiger charge is -2.14. The Morgan fingerprint density at radius 3 is 2.86 bits per heavy atom. The van der Waals surface area contributed by atoms with E-state index in [9.17, 15) is 14.7 Å². The SMILES string of the molecule is CCOC(=O)c1sc(Oc2ccc(C(C)=O)c(O)c2)c2c1CCc1cn[nH]c1-2. The van der Waals surface area contributed by atoms with Gasteiger partial charge in [-0.2, -0.15) is 5.10 Å². The second-order valence-electron chi connectivity index (χ2n) is 6.40. The maximum absolute atomic E-state index is 12.4. The summed E-state index contributed by atoms with van der Waals surface area (Å²) in [5.74, 6) is -0.391. The summed E-state index contributed by atoms with van der Waals surface area (Å²) in [6, 6.07) is 4.52. The van der Waals surface area contributed by atoms with E-state index in [1.165, 1.54) is 30.4 Å². The molecule has 1 aliphatic rings. The lowest BCUT2D eigenvalue weighted by Crippen LogP contribution is -2.08. The number of nitrogens with one attached hydrogen (secondary N) is 1. The molecule has 28 heavy (non-hydrogen) atoms. The minimum absolute atomic E-state index is 0.150. The number of H-pyrrole nitrogens is 1. The molecular weight excluding hydrogens is 380 g/mol. The van der Waals surface area contributed by atoms with Gasteiger partial charge in [0.1, 0.15) is 16.4 Å². The van der Waals surface area contributed by atoms with E-state index in [0.29, 0.717) is 22.1 Å². The first-order valence-electron chi connectivity index (χ1n) is 8.86. The highest BCUT2D eigenvalue weighted by atomic mass is 32.1. The molecule has 1 aromatic carbocycles. The van der Waals surface area contributed by atoms with Crippen LogP contribution in [0.5, 0.6) is 16.6 Å². The van der Waals surface area contributed by atoms with E-state index in [-0.39, 0.29) is 29.7 Å². The molecule has 0 amide bonds. The number of aromatic amines is 1. The molecule has 1 aliphatic carbocycles. The van der Waals surface area contributed by atoms with Gasteiger partial charge in [0.15, 0.2) is 10.8 Å². The highest BCUT2D eigenvalue weighted by Crippen LogP contribution is 2.48. The van der Waals surface area contributed by atoms with Crippen LogP contribution in [-0.4, -0.2) is 33.7 Å². The summed E-state index contributed by atoms with van der Waals surface area (Å²) in [5, 5.41) is 17.7. The van der Waals surface area contributed by atoms with Crippen molar-refractivity contribution >= 4 is 23.1 Å². The number of fused-ring (bicyclic) bond motifs is 3. The van der Waals surface area contributed by atoms with Crippen LogP contribution >= 0.6 is 11.3 Å². The molecule has 0 aliphatic heterocycles. The van der Waals surface area contributed by atoms with Crippen molar-refractivity contribution in [3.8, 4) is 27.8 Å². The predicted octanol–water partition coefficient (Wildman–Crippen LogP) is 4.11. The fourth-order valence-corrected chi connectivity index (χ4v) is 4.44. The molecule has 2 heterocycles. The third-order valence-corrected chi connectivity index (χ3v) is 5.70. The van der Waals surface area contributed by atoms with Crippen molar-refractivity contribution in [2.45, 2.75) is 26.7 Å². The Morgan fingerprint density at radius 1 is 1.32 bits per heavy atom. The summed E-state index contributed by atoms with van der Waals surface area (Å²) >= 11 is 1.21. The van der Waals surface area contributed by atoms with Gasteiger partial charge in [0.2, 0.25) is 0 Å². The molecule has 2 aromatic heterocycles. The van der Waals surface area contributed by atoms with E-state index in [1.807, 2.05) is 0 Å². The number of aromatic hydroxyl groups is 1. The molecule has 0 saturated heterocycles. The minimum atomic E-state index is -0.378. The Hall–Kier alpha value is -3.13. The summed E-state index contributed by atoms with van der Waals surface area (Å²) in [4.78, 5) is 24.5. The number of thiophene rings is 1. The van der Waals surface area contributed by atoms with Gasteiger partial charge in [-0.3, -0.25) is 9.89 Å². The summed E-state index contributed by atoms with van der Waals surface area (Å²) < 4.78 is 11.2. The Labute approximate surface area is 164 Å². The third-order valence-electron chi connectivity index (χ3n) is 4.61. The van der Waals surface area contributed by atoms with Crippen molar-refractivity contribution in [1.29, 1.82) is 0 Å². The molecular formula is C20H18N2O5S. The molecule has 0 saturated carbocycles. The Kier molecular flexibility index (Phi) is 4.64. The van der Waals surface area contributed by atoms with Crippen molar-refractivity contribution < 1.29 is 24.2 Å². The smallest absolute Gasteiger partial charge is 0.348 e. The van der Waals surface area contributed by atoms with E-state index in [4.69, 9.17) is 9.47 Å². The first-order valence-corrected chi connectivity index (χ1v) is 9.68. The minimum Gasteiger partial charge on any atom is -0.507 e. The fourth-order valence-electron chi connectivity index (χ4n) is 3.32. The monoisotopic (exact) mass is 398 g/mol. The third kappa shape index (κ3) is 3.05. The second-order valence-corrected chi connectivity index (χ2v) is 7.38. The van der Waals surface area contributed by atoms with Gasteiger partial charge in [0.05, 0.1) is 29.6 Å². The molecule has 4 rings (SSSR count). The van der Waals surface area contributed by atoms with Crippen LogP contribution in [0.2, 0.25) is 0 Å². The normalized spacial score (nSPS) is 12.2. The number of benzene rings is 1. The number of aryl methyl sites for hydroxylation is 1. The van der Waals surface area contributed by atoms with E-state index in [1.54, 1.807) is 19.2 Å². The van der Waals surface area contributed by atoms with Crippen molar-refractivity contribution in [2.24, 2.45) is 0 Å². The van der Waals surface area contributed by atoms with Gasteiger partial charge in [-0.25, -0.2) is 4.79 Å². The Morgan fingerprint density at radius 2 is 2.14 bits per heavy atom. The zero-order chi connectivity index (χ0) is 19.8. The average molecular weight is 398 g/mol. The standard InChI is InChI=1S/C20H18N2O5S/c1-3-26-19(25)18-14-6-4-11-9-21-22-17(11)16(14)20(28-18)27-12-5-7-13(10(2)23)15(24)8-12/h5,7-9,24H,3-4,6H2,1-2H3,(H,21,22). The molecule has 0 fully saturated rings. The van der Waals surface area contributed by atoms with E-state index < -0.39 is 0 Å². The number of ketones is 1. The summed E-state index contributed by atoms with van der Waals surface area (Å²) in [6.07, 6.45) is 3.23. The largest absolute Gasteiger partial charge is 0.507 e. The molecule has 0 bridgehead atoms. The molecule has 0 atom stereocenters. The molecule has 8 heteroatoms. The van der Waals surface area contributed by atoms with Crippen LogP contribution in [-0.2, 0) is 17.6 Å². The molecule has 3 aromatic rings. The van der Waals surface area contributed by atoms with Crippen LogP contribution < -0.4 is 4.74 Å². The van der Waals surface area contributed by atoms with Gasteiger partial charge in [0.25, 0.3) is 0 Å². The zero-order valence-electron chi connectivity index (χ0n) is 15.4. The van der Waals surface area contributed by atoms with Crippen molar-refractivity contribution in [2.75, 3.05) is 6.61 Å². The number of aromatic nitrogens is 2. The van der Waals surface area contributed by atoms with E-state index in [0.717, 1.165) is 28.8 Å². The second kappa shape index (κ2) is 7.12. The van der Waals surface area contributed by atoms with Gasteiger partial charge in [-0.1, -0.05) is 11.3 Å². The Balaban J connectivity index is 1.78. The van der Waals surface area contributed by atoms with Crippen LogP contribution in [0.25, 0.3) is 11.3 Å². The number of hydrogen-bond donors (Lipinski definition) is 2. The van der Waals surface area contributed by atoms with Crippen LogP contribution in [0, 0.1) is 0 Å².